The lowest BCUT2D eigenvalue weighted by Gasteiger charge is -2.23. The second kappa shape index (κ2) is 5.85. The van der Waals surface area contributed by atoms with Gasteiger partial charge in [0.05, 0.1) is 5.56 Å². The molecule has 0 radical (unpaired) electrons. The van der Waals surface area contributed by atoms with Crippen molar-refractivity contribution < 1.29 is 9.26 Å². The highest BCUT2D eigenvalue weighted by Gasteiger charge is 2.31. The van der Waals surface area contributed by atoms with E-state index in [0.29, 0.717) is 24.0 Å². The first-order valence-electron chi connectivity index (χ1n) is 7.26. The number of aromatic nitrogens is 2. The van der Waals surface area contributed by atoms with E-state index in [9.17, 15) is 0 Å². The number of benzene rings is 1. The molecule has 2 rings (SSSR count). The van der Waals surface area contributed by atoms with Crippen molar-refractivity contribution in [1.82, 2.24) is 10.1 Å². The fourth-order valence-electron chi connectivity index (χ4n) is 2.35. The summed E-state index contributed by atoms with van der Waals surface area (Å²) in [6, 6.07) is 4.00. The SMILES string of the molecule is CCOC(C)(CC)c1noc(-c2cc(C)cc(C)c2N)n1. The van der Waals surface area contributed by atoms with Gasteiger partial charge < -0.3 is 15.0 Å². The van der Waals surface area contributed by atoms with Crippen molar-refractivity contribution in [2.24, 2.45) is 0 Å². The van der Waals surface area contributed by atoms with Crippen molar-refractivity contribution in [1.29, 1.82) is 0 Å². The molecule has 0 amide bonds. The molecule has 1 aromatic carbocycles. The number of ether oxygens (including phenoxy) is 1. The van der Waals surface area contributed by atoms with E-state index < -0.39 is 5.60 Å². The van der Waals surface area contributed by atoms with E-state index in [4.69, 9.17) is 15.0 Å². The second-order valence-corrected chi connectivity index (χ2v) is 5.48. The summed E-state index contributed by atoms with van der Waals surface area (Å²) < 4.78 is 11.2. The van der Waals surface area contributed by atoms with Gasteiger partial charge in [-0.05, 0) is 51.3 Å². The molecule has 114 valence electrons. The number of hydrogen-bond donors (Lipinski definition) is 1. The number of hydrogen-bond acceptors (Lipinski definition) is 5. The third-order valence-electron chi connectivity index (χ3n) is 3.80. The van der Waals surface area contributed by atoms with E-state index in [-0.39, 0.29) is 0 Å². The fourth-order valence-corrected chi connectivity index (χ4v) is 2.35. The van der Waals surface area contributed by atoms with Gasteiger partial charge in [-0.3, -0.25) is 0 Å². The monoisotopic (exact) mass is 289 g/mol. The van der Waals surface area contributed by atoms with Crippen LogP contribution >= 0.6 is 0 Å². The highest BCUT2D eigenvalue weighted by atomic mass is 16.5. The zero-order valence-electron chi connectivity index (χ0n) is 13.4. The van der Waals surface area contributed by atoms with Gasteiger partial charge in [-0.15, -0.1) is 0 Å². The van der Waals surface area contributed by atoms with Gasteiger partial charge in [0.25, 0.3) is 5.89 Å². The van der Waals surface area contributed by atoms with Crippen LogP contribution in [0.4, 0.5) is 5.69 Å². The zero-order chi connectivity index (χ0) is 15.6. The lowest BCUT2D eigenvalue weighted by Crippen LogP contribution is -2.26. The Morgan fingerprint density at radius 2 is 2.00 bits per heavy atom. The molecule has 21 heavy (non-hydrogen) atoms. The van der Waals surface area contributed by atoms with Gasteiger partial charge in [0.15, 0.2) is 0 Å². The highest BCUT2D eigenvalue weighted by Crippen LogP contribution is 2.32. The highest BCUT2D eigenvalue weighted by molar-refractivity contribution is 5.74. The molecule has 1 aromatic heterocycles. The van der Waals surface area contributed by atoms with E-state index in [1.54, 1.807) is 0 Å². The van der Waals surface area contributed by atoms with Crippen molar-refractivity contribution in [3.63, 3.8) is 0 Å². The standard InChI is InChI=1S/C16H23N3O2/c1-6-16(5,20-7-2)15-18-14(21-19-15)12-9-10(3)8-11(4)13(12)17/h8-9H,6-7,17H2,1-5H3. The molecule has 2 N–H and O–H groups in total. The predicted octanol–water partition coefficient (Wildman–Crippen LogP) is 3.60. The summed E-state index contributed by atoms with van der Waals surface area (Å²) in [4.78, 5) is 4.50. The molecule has 5 nitrogen and oxygen atoms in total. The predicted molar refractivity (Wildman–Crippen MR) is 82.9 cm³/mol. The smallest absolute Gasteiger partial charge is 0.260 e. The first-order chi connectivity index (χ1) is 9.91. The van der Waals surface area contributed by atoms with Crippen molar-refractivity contribution in [2.75, 3.05) is 12.3 Å². The van der Waals surface area contributed by atoms with Crippen LogP contribution in [0.3, 0.4) is 0 Å². The normalized spacial score (nSPS) is 14.1. The molecule has 0 saturated carbocycles. The van der Waals surface area contributed by atoms with Crippen molar-refractivity contribution in [2.45, 2.75) is 46.6 Å². The third-order valence-corrected chi connectivity index (χ3v) is 3.80. The first kappa shape index (κ1) is 15.5. The van der Waals surface area contributed by atoms with E-state index in [1.165, 1.54) is 0 Å². The number of nitrogen functional groups attached to an aromatic ring is 1. The lowest BCUT2D eigenvalue weighted by atomic mass is 10.0. The Kier molecular flexibility index (Phi) is 4.32. The average Bonchev–Trinajstić information content (AvgIpc) is 2.93. The lowest BCUT2D eigenvalue weighted by molar-refractivity contribution is -0.0403. The average molecular weight is 289 g/mol. The van der Waals surface area contributed by atoms with Crippen molar-refractivity contribution in [3.8, 4) is 11.5 Å². The molecular formula is C16H23N3O2. The summed E-state index contributed by atoms with van der Waals surface area (Å²) in [5.74, 6) is 0.995. The van der Waals surface area contributed by atoms with Crippen LogP contribution in [0.2, 0.25) is 0 Å². The Labute approximate surface area is 125 Å². The summed E-state index contributed by atoms with van der Waals surface area (Å²) in [6.07, 6.45) is 0.766. The molecule has 0 saturated heterocycles. The van der Waals surface area contributed by atoms with E-state index in [2.05, 4.69) is 10.1 Å². The van der Waals surface area contributed by atoms with Gasteiger partial charge in [-0.1, -0.05) is 18.1 Å². The van der Waals surface area contributed by atoms with Crippen LogP contribution in [0.5, 0.6) is 0 Å². The summed E-state index contributed by atoms with van der Waals surface area (Å²) in [6.45, 7) is 10.5. The number of anilines is 1. The Hall–Kier alpha value is -1.88. The Morgan fingerprint density at radius 1 is 1.29 bits per heavy atom. The quantitative estimate of drug-likeness (QED) is 0.851. The van der Waals surface area contributed by atoms with Crippen molar-refractivity contribution >= 4 is 5.69 Å². The Bertz CT molecular complexity index is 636. The molecule has 0 spiro atoms. The van der Waals surface area contributed by atoms with E-state index >= 15 is 0 Å². The van der Waals surface area contributed by atoms with Gasteiger partial charge in [0.1, 0.15) is 5.60 Å². The molecule has 5 heteroatoms. The number of rotatable bonds is 5. The molecule has 0 aliphatic rings. The third kappa shape index (κ3) is 2.93. The van der Waals surface area contributed by atoms with Crippen molar-refractivity contribution in [3.05, 3.63) is 29.1 Å². The topological polar surface area (TPSA) is 74.2 Å². The van der Waals surface area contributed by atoms with Crippen LogP contribution in [0.25, 0.3) is 11.5 Å². The van der Waals surface area contributed by atoms with Gasteiger partial charge in [-0.2, -0.15) is 4.98 Å². The van der Waals surface area contributed by atoms with Gasteiger partial charge in [-0.25, -0.2) is 0 Å². The molecule has 0 aliphatic carbocycles. The molecular weight excluding hydrogens is 266 g/mol. The molecule has 1 heterocycles. The van der Waals surface area contributed by atoms with Crippen LogP contribution in [-0.4, -0.2) is 16.7 Å². The maximum atomic E-state index is 6.13. The Balaban J connectivity index is 2.45. The van der Waals surface area contributed by atoms with E-state index in [0.717, 1.165) is 23.1 Å². The summed E-state index contributed by atoms with van der Waals surface area (Å²) in [7, 11) is 0. The van der Waals surface area contributed by atoms with Crippen LogP contribution < -0.4 is 5.73 Å². The minimum Gasteiger partial charge on any atom is -0.398 e. The minimum absolute atomic E-state index is 0.439. The largest absolute Gasteiger partial charge is 0.398 e. The minimum atomic E-state index is -0.538. The van der Waals surface area contributed by atoms with Gasteiger partial charge in [0, 0.05) is 12.3 Å². The first-order valence-corrected chi connectivity index (χ1v) is 7.26. The fraction of sp³-hybridized carbons (Fsp3) is 0.500. The van der Waals surface area contributed by atoms with Crippen LogP contribution in [0.15, 0.2) is 16.7 Å². The Morgan fingerprint density at radius 3 is 2.62 bits per heavy atom. The number of nitrogens with zero attached hydrogens (tertiary/aromatic N) is 2. The van der Waals surface area contributed by atoms with Crippen LogP contribution in [-0.2, 0) is 10.3 Å². The summed E-state index contributed by atoms with van der Waals surface area (Å²) >= 11 is 0. The maximum Gasteiger partial charge on any atom is 0.260 e. The van der Waals surface area contributed by atoms with E-state index in [1.807, 2.05) is 46.8 Å². The molecule has 2 aromatic rings. The summed E-state index contributed by atoms with van der Waals surface area (Å²) in [5.41, 5.74) is 9.16. The molecule has 0 fully saturated rings. The molecule has 1 atom stereocenters. The van der Waals surface area contributed by atoms with Crippen LogP contribution in [0.1, 0.15) is 44.1 Å². The summed E-state index contributed by atoms with van der Waals surface area (Å²) in [5, 5.41) is 4.09. The van der Waals surface area contributed by atoms with Crippen LogP contribution in [0, 0.1) is 13.8 Å². The molecule has 0 aliphatic heterocycles. The second-order valence-electron chi connectivity index (χ2n) is 5.48. The molecule has 0 bridgehead atoms. The number of nitrogens with two attached hydrogens (primary N) is 1. The van der Waals surface area contributed by atoms with Gasteiger partial charge >= 0.3 is 0 Å². The maximum absolute atomic E-state index is 6.13. The zero-order valence-corrected chi connectivity index (χ0v) is 13.4. The number of aryl methyl sites for hydroxylation is 2. The molecule has 1 unspecified atom stereocenters. The van der Waals surface area contributed by atoms with Gasteiger partial charge in [0.2, 0.25) is 5.82 Å².